The van der Waals surface area contributed by atoms with Crippen molar-refractivity contribution in [2.45, 2.75) is 12.5 Å². The molecule has 0 radical (unpaired) electrons. The van der Waals surface area contributed by atoms with E-state index in [0.29, 0.717) is 13.2 Å². The molecule has 2 rings (SSSR count). The minimum atomic E-state index is -0.323. The average molecular weight is 311 g/mol. The number of carbonyl (C=O) groups excluding carboxylic acids is 1. The fraction of sp³-hybridized carbons (Fsp3) is 0.308. The van der Waals surface area contributed by atoms with Gasteiger partial charge in [0.15, 0.2) is 0 Å². The van der Waals surface area contributed by atoms with Crippen LogP contribution in [0.2, 0.25) is 0 Å². The summed E-state index contributed by atoms with van der Waals surface area (Å²) in [5, 5.41) is 1.51. The molecule has 0 spiro atoms. The van der Waals surface area contributed by atoms with Crippen molar-refractivity contribution in [1.29, 1.82) is 0 Å². The van der Waals surface area contributed by atoms with Gasteiger partial charge in [-0.15, -0.1) is 6.58 Å². The topological polar surface area (TPSA) is 41.6 Å². The van der Waals surface area contributed by atoms with Crippen molar-refractivity contribution < 1.29 is 9.53 Å². The first-order valence-corrected chi connectivity index (χ1v) is 6.57. The quantitative estimate of drug-likeness (QED) is 0.850. The normalized spacial score (nSPS) is 16.5. The van der Waals surface area contributed by atoms with Gasteiger partial charge in [0.25, 0.3) is 0 Å². The van der Waals surface area contributed by atoms with E-state index in [1.54, 1.807) is 0 Å². The summed E-state index contributed by atoms with van der Waals surface area (Å²) in [7, 11) is 0. The second-order valence-electron chi connectivity index (χ2n) is 3.99. The van der Waals surface area contributed by atoms with E-state index in [-0.39, 0.29) is 12.1 Å². The van der Waals surface area contributed by atoms with Crippen LogP contribution in [0, 0.1) is 0 Å². The van der Waals surface area contributed by atoms with Gasteiger partial charge < -0.3 is 4.74 Å². The molecular weight excluding hydrogens is 296 g/mol. The summed E-state index contributed by atoms with van der Waals surface area (Å²) in [4.78, 5) is 11.4. The number of cyclic esters (lactones) is 1. The molecule has 1 aromatic rings. The molecule has 1 aliphatic rings. The number of benzene rings is 1. The lowest BCUT2D eigenvalue weighted by atomic mass is 10.0. The van der Waals surface area contributed by atoms with Crippen LogP contribution in [0.1, 0.15) is 18.0 Å². The van der Waals surface area contributed by atoms with Gasteiger partial charge in [-0.2, -0.15) is 0 Å². The third-order valence-electron chi connectivity index (χ3n) is 2.76. The lowest BCUT2D eigenvalue weighted by Gasteiger charge is -2.24. The van der Waals surface area contributed by atoms with Crippen molar-refractivity contribution in [3.05, 3.63) is 47.0 Å². The highest BCUT2D eigenvalue weighted by molar-refractivity contribution is 9.10. The zero-order valence-electron chi connectivity index (χ0n) is 9.93. The predicted molar refractivity (Wildman–Crippen MR) is 72.9 cm³/mol. The van der Waals surface area contributed by atoms with E-state index in [0.717, 1.165) is 16.5 Å². The van der Waals surface area contributed by atoms with Gasteiger partial charge >= 0.3 is 6.09 Å². The zero-order chi connectivity index (χ0) is 13.0. The van der Waals surface area contributed by atoms with Gasteiger partial charge in [-0.25, -0.2) is 15.2 Å². The second kappa shape index (κ2) is 6.02. The first-order valence-electron chi connectivity index (χ1n) is 5.78. The Morgan fingerprint density at radius 1 is 1.56 bits per heavy atom. The van der Waals surface area contributed by atoms with Crippen LogP contribution in [0.25, 0.3) is 0 Å². The van der Waals surface area contributed by atoms with E-state index in [9.17, 15) is 4.79 Å². The molecule has 5 heteroatoms. The molecule has 0 bridgehead atoms. The summed E-state index contributed by atoms with van der Waals surface area (Å²) in [6.07, 6.45) is 2.24. The Labute approximate surface area is 115 Å². The first-order chi connectivity index (χ1) is 8.72. The van der Waals surface area contributed by atoms with Crippen LogP contribution >= 0.6 is 15.9 Å². The summed E-state index contributed by atoms with van der Waals surface area (Å²) in [5.41, 5.74) is 4.28. The van der Waals surface area contributed by atoms with Crippen LogP contribution in [-0.4, -0.2) is 24.3 Å². The molecule has 1 amide bonds. The largest absolute Gasteiger partial charge is 0.447 e. The number of nitrogens with one attached hydrogen (secondary N) is 1. The number of amides is 1. The Morgan fingerprint density at radius 2 is 2.33 bits per heavy atom. The molecule has 0 aromatic heterocycles. The molecule has 1 saturated heterocycles. The van der Waals surface area contributed by atoms with Crippen LogP contribution in [0.15, 0.2) is 41.4 Å². The number of hydrogen-bond acceptors (Lipinski definition) is 3. The molecule has 0 saturated carbocycles. The summed E-state index contributed by atoms with van der Waals surface area (Å²) in [6.45, 7) is 4.76. The number of nitrogens with zero attached hydrogens (tertiary/aromatic N) is 1. The smallest absolute Gasteiger partial charge is 0.424 e. The van der Waals surface area contributed by atoms with Gasteiger partial charge in [-0.05, 0) is 18.1 Å². The number of carbonyl (C=O) groups is 1. The van der Waals surface area contributed by atoms with Gasteiger partial charge in [0.1, 0.15) is 6.61 Å². The summed E-state index contributed by atoms with van der Waals surface area (Å²) < 4.78 is 5.91. The first kappa shape index (κ1) is 13.1. The Morgan fingerprint density at radius 3 is 2.94 bits per heavy atom. The molecule has 18 heavy (non-hydrogen) atoms. The van der Waals surface area contributed by atoms with Gasteiger partial charge in [0.05, 0.1) is 12.6 Å². The highest BCUT2D eigenvalue weighted by Crippen LogP contribution is 2.26. The Balaban J connectivity index is 2.15. The minimum absolute atomic E-state index is 0.00345. The van der Waals surface area contributed by atoms with Crippen molar-refractivity contribution in [2.24, 2.45) is 0 Å². The minimum Gasteiger partial charge on any atom is -0.447 e. The fourth-order valence-electron chi connectivity index (χ4n) is 1.87. The Bertz CT molecular complexity index is 450. The molecule has 1 aliphatic heterocycles. The number of hydrazine groups is 1. The van der Waals surface area contributed by atoms with Crippen LogP contribution in [-0.2, 0) is 4.74 Å². The highest BCUT2D eigenvalue weighted by Gasteiger charge is 2.25. The average Bonchev–Trinajstić information content (AvgIpc) is 2.75. The SMILES string of the molecule is C=CC[C@H](NN1CCOC1=O)c1ccccc1Br. The maximum absolute atomic E-state index is 11.4. The van der Waals surface area contributed by atoms with Crippen LogP contribution in [0.3, 0.4) is 0 Å². The predicted octanol–water partition coefficient (Wildman–Crippen LogP) is 3.02. The molecule has 1 heterocycles. The second-order valence-corrected chi connectivity index (χ2v) is 4.85. The molecule has 1 aromatic carbocycles. The number of ether oxygens (including phenoxy) is 1. The zero-order valence-corrected chi connectivity index (χ0v) is 11.5. The van der Waals surface area contributed by atoms with Crippen molar-refractivity contribution in [3.63, 3.8) is 0 Å². The van der Waals surface area contributed by atoms with E-state index in [2.05, 4.69) is 27.9 Å². The fourth-order valence-corrected chi connectivity index (χ4v) is 2.43. The maximum Gasteiger partial charge on any atom is 0.424 e. The third-order valence-corrected chi connectivity index (χ3v) is 3.48. The number of hydrogen-bond donors (Lipinski definition) is 1. The summed E-state index contributed by atoms with van der Waals surface area (Å²) >= 11 is 3.52. The van der Waals surface area contributed by atoms with E-state index >= 15 is 0 Å². The van der Waals surface area contributed by atoms with E-state index in [1.165, 1.54) is 5.01 Å². The van der Waals surface area contributed by atoms with Gasteiger partial charge in [0, 0.05) is 4.47 Å². The van der Waals surface area contributed by atoms with Crippen molar-refractivity contribution in [3.8, 4) is 0 Å². The van der Waals surface area contributed by atoms with Crippen molar-refractivity contribution >= 4 is 22.0 Å². The molecule has 1 fully saturated rings. The van der Waals surface area contributed by atoms with Crippen molar-refractivity contribution in [1.82, 2.24) is 10.4 Å². The van der Waals surface area contributed by atoms with Gasteiger partial charge in [0.2, 0.25) is 0 Å². The summed E-state index contributed by atoms with van der Waals surface area (Å²) in [5.74, 6) is 0. The highest BCUT2D eigenvalue weighted by atomic mass is 79.9. The number of rotatable bonds is 5. The van der Waals surface area contributed by atoms with Crippen LogP contribution in [0.5, 0.6) is 0 Å². The molecule has 1 atom stereocenters. The molecule has 4 nitrogen and oxygen atoms in total. The molecule has 1 N–H and O–H groups in total. The Hall–Kier alpha value is -1.33. The standard InChI is InChI=1S/C13H15BrN2O2/c1-2-5-12(10-6-3-4-7-11(10)14)15-16-8-9-18-13(16)17/h2-4,6-7,12,15H,1,5,8-9H2/t12-/m0/s1. The monoisotopic (exact) mass is 310 g/mol. The molecule has 96 valence electrons. The molecular formula is C13H15BrN2O2. The van der Waals surface area contributed by atoms with Crippen LogP contribution in [0.4, 0.5) is 4.79 Å². The lowest BCUT2D eigenvalue weighted by molar-refractivity contribution is 0.138. The lowest BCUT2D eigenvalue weighted by Crippen LogP contribution is -2.41. The van der Waals surface area contributed by atoms with E-state index in [1.807, 2.05) is 30.3 Å². The maximum atomic E-state index is 11.4. The van der Waals surface area contributed by atoms with Crippen molar-refractivity contribution in [2.75, 3.05) is 13.2 Å². The van der Waals surface area contributed by atoms with Gasteiger partial charge in [-0.1, -0.05) is 40.2 Å². The third kappa shape index (κ3) is 2.91. The summed E-state index contributed by atoms with van der Waals surface area (Å²) in [6, 6.07) is 7.94. The van der Waals surface area contributed by atoms with Crippen LogP contribution < -0.4 is 5.43 Å². The van der Waals surface area contributed by atoms with Gasteiger partial charge in [-0.3, -0.25) is 0 Å². The molecule has 0 unspecified atom stereocenters. The molecule has 0 aliphatic carbocycles. The van der Waals surface area contributed by atoms with E-state index < -0.39 is 0 Å². The van der Waals surface area contributed by atoms with E-state index in [4.69, 9.17) is 4.74 Å². The Kier molecular flexibility index (Phi) is 4.38. The number of halogens is 1.